The first-order valence-electron chi connectivity index (χ1n) is 8.69. The van der Waals surface area contributed by atoms with Crippen LogP contribution in [0, 0.1) is 6.92 Å². The molecule has 3 heterocycles. The molecule has 7 heteroatoms. The molecule has 2 aromatic rings. The minimum absolute atomic E-state index is 0.0141. The predicted molar refractivity (Wildman–Crippen MR) is 98.2 cm³/mol. The van der Waals surface area contributed by atoms with Gasteiger partial charge in [0, 0.05) is 36.1 Å². The molecule has 0 spiro atoms. The Morgan fingerprint density at radius 2 is 2.12 bits per heavy atom. The number of fused-ring (bicyclic) bond motifs is 1. The summed E-state index contributed by atoms with van der Waals surface area (Å²) in [4.78, 5) is 36.0. The number of aryl methyl sites for hydroxylation is 2. The molecule has 26 heavy (non-hydrogen) atoms. The number of allylic oxidation sites excluding steroid dienone is 1. The van der Waals surface area contributed by atoms with E-state index in [-0.39, 0.29) is 23.9 Å². The number of aromatic nitrogens is 2. The van der Waals surface area contributed by atoms with Crippen molar-refractivity contribution in [2.75, 3.05) is 13.1 Å². The van der Waals surface area contributed by atoms with Crippen molar-refractivity contribution in [3.8, 4) is 0 Å². The maximum absolute atomic E-state index is 12.8. The zero-order chi connectivity index (χ0) is 18.3. The Balaban J connectivity index is 1.59. The molecule has 0 atom stereocenters. The summed E-state index contributed by atoms with van der Waals surface area (Å²) in [5.41, 5.74) is 2.53. The molecule has 2 aromatic heterocycles. The van der Waals surface area contributed by atoms with Gasteiger partial charge in [0.05, 0.1) is 17.0 Å². The lowest BCUT2D eigenvalue weighted by Gasteiger charge is -2.30. The van der Waals surface area contributed by atoms with Crippen LogP contribution in [0.1, 0.15) is 44.5 Å². The molecule has 1 aliphatic heterocycles. The van der Waals surface area contributed by atoms with Gasteiger partial charge in [-0.25, -0.2) is 4.98 Å². The Kier molecular flexibility index (Phi) is 4.32. The summed E-state index contributed by atoms with van der Waals surface area (Å²) in [5, 5.41) is 11.2. The molecular weight excluding hydrogens is 350 g/mol. The highest BCUT2D eigenvalue weighted by Crippen LogP contribution is 2.33. The maximum atomic E-state index is 12.8. The molecule has 1 fully saturated rings. The molecule has 0 bridgehead atoms. The molecule has 1 N–H and O–H groups in total. The number of thiazole rings is 1. The number of likely N-dealkylation sites (tertiary alicyclic amines) is 1. The molecule has 134 valence electrons. The lowest BCUT2D eigenvalue weighted by atomic mass is 9.93. The predicted octanol–water partition coefficient (Wildman–Crippen LogP) is 2.72. The minimum atomic E-state index is -0.190. The van der Waals surface area contributed by atoms with Crippen LogP contribution in [0.25, 0.3) is 5.76 Å². The van der Waals surface area contributed by atoms with Gasteiger partial charge in [0.15, 0.2) is 0 Å². The van der Waals surface area contributed by atoms with Crippen LogP contribution in [0.15, 0.2) is 23.9 Å². The average Bonchev–Trinajstić information content (AvgIpc) is 2.97. The van der Waals surface area contributed by atoms with Crippen molar-refractivity contribution in [1.29, 1.82) is 0 Å². The molecule has 0 radical (unpaired) electrons. The first-order chi connectivity index (χ1) is 12.5. The number of hydrogen-bond donors (Lipinski definition) is 1. The SMILES string of the molecule is Cc1ccc(C(O)=C2CCc3nc(CC(=O)N4CCC4)sc3C2=O)cn1. The zero-order valence-electron chi connectivity index (χ0n) is 14.5. The fourth-order valence-electron chi connectivity index (χ4n) is 3.13. The highest BCUT2D eigenvalue weighted by molar-refractivity contribution is 7.14. The number of aliphatic hydroxyl groups is 1. The van der Waals surface area contributed by atoms with E-state index in [4.69, 9.17) is 0 Å². The fraction of sp³-hybridized carbons (Fsp3) is 0.368. The number of Topliss-reactive ketones (excluding diaryl/α,β-unsaturated/α-hetero) is 1. The topological polar surface area (TPSA) is 83.4 Å². The standard InChI is InChI=1S/C19H19N3O3S/c1-11-3-4-12(10-20-11)17(24)13-5-6-14-19(18(13)25)26-15(21-14)9-16(23)22-7-2-8-22/h3-4,10,24H,2,5-9H2,1H3. The van der Waals surface area contributed by atoms with Crippen LogP contribution in [0.4, 0.5) is 0 Å². The maximum Gasteiger partial charge on any atom is 0.229 e. The molecule has 1 amide bonds. The van der Waals surface area contributed by atoms with Gasteiger partial charge in [0.25, 0.3) is 0 Å². The van der Waals surface area contributed by atoms with Crippen molar-refractivity contribution in [1.82, 2.24) is 14.9 Å². The van der Waals surface area contributed by atoms with E-state index in [9.17, 15) is 14.7 Å². The van der Waals surface area contributed by atoms with E-state index < -0.39 is 0 Å². The minimum Gasteiger partial charge on any atom is -0.507 e. The van der Waals surface area contributed by atoms with E-state index in [0.29, 0.717) is 33.9 Å². The number of hydrogen-bond acceptors (Lipinski definition) is 6. The number of ketones is 1. The van der Waals surface area contributed by atoms with Crippen LogP contribution < -0.4 is 0 Å². The second kappa shape index (κ2) is 6.64. The van der Waals surface area contributed by atoms with Gasteiger partial charge >= 0.3 is 0 Å². The number of rotatable bonds is 3. The van der Waals surface area contributed by atoms with Crippen LogP contribution in [-0.4, -0.2) is 44.8 Å². The normalized spacial score (nSPS) is 18.3. The van der Waals surface area contributed by atoms with Gasteiger partial charge in [-0.05, 0) is 38.3 Å². The Labute approximate surface area is 155 Å². The third kappa shape index (κ3) is 3.03. The van der Waals surface area contributed by atoms with Gasteiger partial charge < -0.3 is 10.0 Å². The summed E-state index contributed by atoms with van der Waals surface area (Å²) >= 11 is 1.27. The van der Waals surface area contributed by atoms with E-state index in [0.717, 1.165) is 30.9 Å². The first-order valence-corrected chi connectivity index (χ1v) is 9.51. The Morgan fingerprint density at radius 1 is 1.31 bits per heavy atom. The van der Waals surface area contributed by atoms with Crippen LogP contribution >= 0.6 is 11.3 Å². The van der Waals surface area contributed by atoms with Crippen molar-refractivity contribution in [2.24, 2.45) is 0 Å². The lowest BCUT2D eigenvalue weighted by molar-refractivity contribution is -0.133. The molecule has 1 aliphatic carbocycles. The first kappa shape index (κ1) is 16.9. The van der Waals surface area contributed by atoms with Crippen LogP contribution in [0.2, 0.25) is 0 Å². The van der Waals surface area contributed by atoms with E-state index in [1.165, 1.54) is 11.3 Å². The summed E-state index contributed by atoms with van der Waals surface area (Å²) in [6.45, 7) is 3.49. The number of carbonyl (C=O) groups excluding carboxylic acids is 2. The van der Waals surface area contributed by atoms with E-state index in [1.807, 2.05) is 11.8 Å². The zero-order valence-corrected chi connectivity index (χ0v) is 15.3. The molecule has 4 rings (SSSR count). The molecular formula is C19H19N3O3S. The summed E-state index contributed by atoms with van der Waals surface area (Å²) < 4.78 is 0. The smallest absolute Gasteiger partial charge is 0.229 e. The third-order valence-electron chi connectivity index (χ3n) is 4.82. The number of carbonyl (C=O) groups is 2. The van der Waals surface area contributed by atoms with Gasteiger partial charge in [-0.1, -0.05) is 0 Å². The van der Waals surface area contributed by atoms with Gasteiger partial charge in [-0.2, -0.15) is 0 Å². The van der Waals surface area contributed by atoms with Gasteiger partial charge in [-0.15, -0.1) is 11.3 Å². The fourth-order valence-corrected chi connectivity index (χ4v) is 4.20. The summed E-state index contributed by atoms with van der Waals surface area (Å²) in [7, 11) is 0. The Hall–Kier alpha value is -2.54. The Morgan fingerprint density at radius 3 is 2.77 bits per heavy atom. The van der Waals surface area contributed by atoms with Crippen molar-refractivity contribution >= 4 is 28.8 Å². The van der Waals surface area contributed by atoms with E-state index in [1.54, 1.807) is 18.3 Å². The van der Waals surface area contributed by atoms with E-state index in [2.05, 4.69) is 9.97 Å². The third-order valence-corrected chi connectivity index (χ3v) is 5.91. The van der Waals surface area contributed by atoms with Crippen LogP contribution in [0.5, 0.6) is 0 Å². The van der Waals surface area contributed by atoms with Crippen molar-refractivity contribution in [3.63, 3.8) is 0 Å². The quantitative estimate of drug-likeness (QED) is 0.664. The van der Waals surface area contributed by atoms with Gasteiger partial charge in [0.2, 0.25) is 11.7 Å². The molecule has 0 saturated carbocycles. The summed E-state index contributed by atoms with van der Waals surface area (Å²) in [6, 6.07) is 3.56. The van der Waals surface area contributed by atoms with Crippen LogP contribution in [-0.2, 0) is 17.6 Å². The summed E-state index contributed by atoms with van der Waals surface area (Å²) in [5.74, 6) is -0.136. The molecule has 6 nitrogen and oxygen atoms in total. The van der Waals surface area contributed by atoms with Gasteiger partial charge in [0.1, 0.15) is 10.8 Å². The second-order valence-corrected chi connectivity index (χ2v) is 7.72. The van der Waals surface area contributed by atoms with Gasteiger partial charge in [-0.3, -0.25) is 14.6 Å². The number of amides is 1. The summed E-state index contributed by atoms with van der Waals surface area (Å²) in [6.07, 6.45) is 3.91. The van der Waals surface area contributed by atoms with E-state index >= 15 is 0 Å². The molecule has 0 aromatic carbocycles. The molecule has 2 aliphatic rings. The largest absolute Gasteiger partial charge is 0.507 e. The highest BCUT2D eigenvalue weighted by atomic mass is 32.1. The lowest BCUT2D eigenvalue weighted by Crippen LogP contribution is -2.42. The Bertz CT molecular complexity index is 911. The second-order valence-electron chi connectivity index (χ2n) is 6.64. The highest BCUT2D eigenvalue weighted by Gasteiger charge is 2.30. The number of pyridine rings is 1. The average molecular weight is 369 g/mol. The van der Waals surface area contributed by atoms with Crippen molar-refractivity contribution in [3.05, 3.63) is 50.7 Å². The molecule has 0 unspecified atom stereocenters. The number of nitrogens with zero attached hydrogens (tertiary/aromatic N) is 3. The molecule has 1 saturated heterocycles. The monoisotopic (exact) mass is 369 g/mol. The van der Waals surface area contributed by atoms with Crippen molar-refractivity contribution < 1.29 is 14.7 Å². The van der Waals surface area contributed by atoms with Crippen molar-refractivity contribution in [2.45, 2.75) is 32.6 Å². The number of aliphatic hydroxyl groups excluding tert-OH is 1. The van der Waals surface area contributed by atoms with Crippen LogP contribution in [0.3, 0.4) is 0 Å².